The molecule has 1 heterocycles. The monoisotopic (exact) mass is 397 g/mol. The van der Waals surface area contributed by atoms with Gasteiger partial charge in [-0.1, -0.05) is 36.4 Å². The summed E-state index contributed by atoms with van der Waals surface area (Å²) in [7, 11) is 0. The molecular formula is C24H19N3O3. The fourth-order valence-electron chi connectivity index (χ4n) is 3.60. The van der Waals surface area contributed by atoms with Crippen molar-refractivity contribution in [1.82, 2.24) is 0 Å². The van der Waals surface area contributed by atoms with Gasteiger partial charge in [0.25, 0.3) is 0 Å². The number of nitrogens with zero attached hydrogens (tertiary/aromatic N) is 2. The molecule has 0 aromatic heterocycles. The molecule has 0 aliphatic carbocycles. The van der Waals surface area contributed by atoms with Crippen LogP contribution in [0.3, 0.4) is 0 Å². The average Bonchev–Trinajstić information content (AvgIpc) is 3.16. The first-order chi connectivity index (χ1) is 14.5. The van der Waals surface area contributed by atoms with E-state index >= 15 is 0 Å². The molecule has 2 N–H and O–H groups in total. The lowest BCUT2D eigenvalue weighted by atomic mass is 9.98. The van der Waals surface area contributed by atoms with E-state index in [9.17, 15) is 9.59 Å². The zero-order valence-corrected chi connectivity index (χ0v) is 16.1. The maximum atomic E-state index is 12.6. The molecule has 3 aromatic rings. The molecule has 2 amide bonds. The minimum atomic E-state index is -0.524. The van der Waals surface area contributed by atoms with Crippen LogP contribution in [-0.2, 0) is 4.79 Å². The normalized spacial score (nSPS) is 15.6. The molecule has 0 saturated carbocycles. The van der Waals surface area contributed by atoms with Crippen molar-refractivity contribution in [2.75, 3.05) is 11.4 Å². The number of benzene rings is 3. The Morgan fingerprint density at radius 1 is 1.07 bits per heavy atom. The molecule has 0 spiro atoms. The molecule has 1 fully saturated rings. The maximum Gasteiger partial charge on any atom is 0.248 e. The molecule has 0 bridgehead atoms. The summed E-state index contributed by atoms with van der Waals surface area (Å²) in [5, 5.41) is 0. The van der Waals surface area contributed by atoms with E-state index in [-0.39, 0.29) is 11.8 Å². The van der Waals surface area contributed by atoms with Crippen LogP contribution in [0.1, 0.15) is 28.3 Å². The van der Waals surface area contributed by atoms with Gasteiger partial charge in [0, 0.05) is 30.1 Å². The highest BCUT2D eigenvalue weighted by Crippen LogP contribution is 2.36. The van der Waals surface area contributed by atoms with Gasteiger partial charge in [-0.3, -0.25) is 9.59 Å². The predicted octanol–water partition coefficient (Wildman–Crippen LogP) is 4.65. The van der Waals surface area contributed by atoms with E-state index in [4.69, 9.17) is 17.0 Å². The standard InChI is InChI=1S/C24H19N3O3/c1-26-21-10-2-3-11-22(21)30-20-9-5-6-16(13-20)18-14-23(28)27(15-18)19-8-4-7-17(12-19)24(25)29/h2-13,18H,14-15H2,(H2,25,29)/t18-/m0/s1. The van der Waals surface area contributed by atoms with Crippen molar-refractivity contribution < 1.29 is 14.3 Å². The third kappa shape index (κ3) is 3.87. The van der Waals surface area contributed by atoms with Crippen LogP contribution < -0.4 is 15.4 Å². The van der Waals surface area contributed by atoms with E-state index in [1.54, 1.807) is 47.4 Å². The van der Waals surface area contributed by atoms with Crippen LogP contribution in [0.2, 0.25) is 0 Å². The SMILES string of the molecule is [C-]#[N+]c1ccccc1Oc1cccc([C@H]2CC(=O)N(c3cccc(C(N)=O)c3)C2)c1. The van der Waals surface area contributed by atoms with Crippen molar-refractivity contribution >= 4 is 23.2 Å². The van der Waals surface area contributed by atoms with Gasteiger partial charge in [0.2, 0.25) is 17.5 Å². The molecule has 0 radical (unpaired) electrons. The van der Waals surface area contributed by atoms with Crippen LogP contribution in [0.15, 0.2) is 72.8 Å². The van der Waals surface area contributed by atoms with Gasteiger partial charge in [-0.05, 0) is 42.0 Å². The molecule has 6 heteroatoms. The first kappa shape index (κ1) is 19.2. The highest BCUT2D eigenvalue weighted by atomic mass is 16.5. The minimum absolute atomic E-state index is 0.00519. The van der Waals surface area contributed by atoms with Gasteiger partial charge in [-0.15, -0.1) is 0 Å². The van der Waals surface area contributed by atoms with Crippen LogP contribution in [0, 0.1) is 6.57 Å². The molecule has 3 aromatic carbocycles. The number of ether oxygens (including phenoxy) is 1. The van der Waals surface area contributed by atoms with Crippen molar-refractivity contribution in [3.8, 4) is 11.5 Å². The lowest BCUT2D eigenvalue weighted by Gasteiger charge is -2.18. The quantitative estimate of drug-likeness (QED) is 0.637. The summed E-state index contributed by atoms with van der Waals surface area (Å²) in [6.45, 7) is 7.77. The summed E-state index contributed by atoms with van der Waals surface area (Å²) < 4.78 is 5.92. The summed E-state index contributed by atoms with van der Waals surface area (Å²) in [5.74, 6) is 0.576. The second kappa shape index (κ2) is 8.10. The molecule has 4 rings (SSSR count). The smallest absolute Gasteiger partial charge is 0.248 e. The third-order valence-electron chi connectivity index (χ3n) is 5.11. The van der Waals surface area contributed by atoms with Crippen LogP contribution in [0.25, 0.3) is 4.85 Å². The fraction of sp³-hybridized carbons (Fsp3) is 0.125. The minimum Gasteiger partial charge on any atom is -0.468 e. The summed E-state index contributed by atoms with van der Waals surface area (Å²) in [6.07, 6.45) is 0.364. The van der Waals surface area contributed by atoms with Gasteiger partial charge in [0.05, 0.1) is 6.57 Å². The number of amides is 2. The average molecular weight is 397 g/mol. The highest BCUT2D eigenvalue weighted by molar-refractivity contribution is 5.99. The number of hydrogen-bond donors (Lipinski definition) is 1. The van der Waals surface area contributed by atoms with E-state index < -0.39 is 5.91 Å². The second-order valence-corrected chi connectivity index (χ2v) is 7.07. The van der Waals surface area contributed by atoms with Crippen LogP contribution in [0.4, 0.5) is 11.4 Å². The van der Waals surface area contributed by atoms with Crippen molar-refractivity contribution in [1.29, 1.82) is 0 Å². The van der Waals surface area contributed by atoms with Gasteiger partial charge in [-0.2, -0.15) is 0 Å². The largest absolute Gasteiger partial charge is 0.468 e. The van der Waals surface area contributed by atoms with Gasteiger partial charge in [0.15, 0.2) is 0 Å². The Hall–Kier alpha value is -4.11. The number of anilines is 1. The number of rotatable bonds is 5. The van der Waals surface area contributed by atoms with Crippen molar-refractivity contribution in [3.63, 3.8) is 0 Å². The molecule has 6 nitrogen and oxygen atoms in total. The Morgan fingerprint density at radius 2 is 1.87 bits per heavy atom. The van der Waals surface area contributed by atoms with Crippen molar-refractivity contribution in [2.45, 2.75) is 12.3 Å². The molecular weight excluding hydrogens is 378 g/mol. The number of hydrogen-bond acceptors (Lipinski definition) is 3. The summed E-state index contributed by atoms with van der Waals surface area (Å²) in [4.78, 5) is 29.3. The first-order valence-electron chi connectivity index (χ1n) is 9.49. The summed E-state index contributed by atoms with van der Waals surface area (Å²) in [6, 6.07) is 21.5. The summed E-state index contributed by atoms with van der Waals surface area (Å²) >= 11 is 0. The predicted molar refractivity (Wildman–Crippen MR) is 114 cm³/mol. The third-order valence-corrected chi connectivity index (χ3v) is 5.11. The first-order valence-corrected chi connectivity index (χ1v) is 9.49. The van der Waals surface area contributed by atoms with E-state index in [0.29, 0.717) is 41.4 Å². The molecule has 1 aliphatic heterocycles. The molecule has 148 valence electrons. The molecule has 1 aliphatic rings. The van der Waals surface area contributed by atoms with Gasteiger partial charge < -0.3 is 15.4 Å². The van der Waals surface area contributed by atoms with Gasteiger partial charge >= 0.3 is 0 Å². The lowest BCUT2D eigenvalue weighted by Crippen LogP contribution is -2.24. The fourth-order valence-corrected chi connectivity index (χ4v) is 3.60. The Morgan fingerprint density at radius 3 is 2.67 bits per heavy atom. The highest BCUT2D eigenvalue weighted by Gasteiger charge is 2.32. The van der Waals surface area contributed by atoms with E-state index in [0.717, 1.165) is 5.56 Å². The Labute approximate surface area is 174 Å². The van der Waals surface area contributed by atoms with E-state index in [1.807, 2.05) is 30.3 Å². The molecule has 30 heavy (non-hydrogen) atoms. The number of nitrogens with two attached hydrogens (primary N) is 1. The number of carbonyl (C=O) groups excluding carboxylic acids is 2. The summed E-state index contributed by atoms with van der Waals surface area (Å²) in [5.41, 5.74) is 7.82. The Balaban J connectivity index is 1.55. The number of primary amides is 1. The van der Waals surface area contributed by atoms with Crippen molar-refractivity contribution in [2.24, 2.45) is 5.73 Å². The zero-order valence-electron chi connectivity index (χ0n) is 16.1. The van der Waals surface area contributed by atoms with Gasteiger partial charge in [-0.25, -0.2) is 4.85 Å². The number of para-hydroxylation sites is 2. The Kier molecular flexibility index (Phi) is 5.19. The zero-order chi connectivity index (χ0) is 21.1. The molecule has 1 saturated heterocycles. The number of carbonyl (C=O) groups is 2. The van der Waals surface area contributed by atoms with E-state index in [1.165, 1.54) is 0 Å². The molecule has 1 atom stereocenters. The van der Waals surface area contributed by atoms with Crippen molar-refractivity contribution in [3.05, 3.63) is 95.3 Å². The van der Waals surface area contributed by atoms with Gasteiger partial charge in [0.1, 0.15) is 11.5 Å². The van der Waals surface area contributed by atoms with Crippen LogP contribution in [-0.4, -0.2) is 18.4 Å². The topological polar surface area (TPSA) is 77.0 Å². The van der Waals surface area contributed by atoms with Crippen LogP contribution >= 0.6 is 0 Å². The lowest BCUT2D eigenvalue weighted by molar-refractivity contribution is -0.117. The molecule has 0 unspecified atom stereocenters. The van der Waals surface area contributed by atoms with E-state index in [2.05, 4.69) is 4.85 Å². The Bertz CT molecular complexity index is 1170. The van der Waals surface area contributed by atoms with Crippen LogP contribution in [0.5, 0.6) is 11.5 Å². The maximum absolute atomic E-state index is 12.6. The second-order valence-electron chi connectivity index (χ2n) is 7.07.